The summed E-state index contributed by atoms with van der Waals surface area (Å²) in [5.41, 5.74) is 8.55. The van der Waals surface area contributed by atoms with Gasteiger partial charge in [-0.15, -0.1) is 0 Å². The van der Waals surface area contributed by atoms with Gasteiger partial charge in [0.05, 0.1) is 11.7 Å². The molecule has 10 heavy (non-hydrogen) atoms. The third-order valence-corrected chi connectivity index (χ3v) is 1.72. The van der Waals surface area contributed by atoms with Gasteiger partial charge in [0.2, 0.25) is 0 Å². The molecule has 0 aliphatic carbocycles. The molecule has 2 rings (SSSR count). The van der Waals surface area contributed by atoms with E-state index in [2.05, 4.69) is 29.9 Å². The van der Waals surface area contributed by atoms with Crippen LogP contribution in [0.2, 0.25) is 0 Å². The summed E-state index contributed by atoms with van der Waals surface area (Å²) in [7, 11) is 0. The molecule has 0 saturated carbocycles. The third kappa shape index (κ3) is 0.693. The smallest absolute Gasteiger partial charge is 0.0849 e. The highest BCUT2D eigenvalue weighted by atomic mass is 15.4. The lowest BCUT2D eigenvalue weighted by atomic mass is 10.1. The van der Waals surface area contributed by atoms with E-state index in [0.29, 0.717) is 0 Å². The van der Waals surface area contributed by atoms with Crippen LogP contribution in [0, 0.1) is 6.04 Å². The largest absolute Gasteiger partial charge is 0.320 e. The van der Waals surface area contributed by atoms with Crippen molar-refractivity contribution in [3.8, 4) is 0 Å². The van der Waals surface area contributed by atoms with Crippen molar-refractivity contribution < 1.29 is 0 Å². The highest BCUT2D eigenvalue weighted by molar-refractivity contribution is 5.60. The fraction of sp³-hybridized carbons (Fsp3) is 0.125. The second kappa shape index (κ2) is 1.99. The Labute approximate surface area is 60.2 Å². The highest BCUT2D eigenvalue weighted by Crippen LogP contribution is 2.25. The van der Waals surface area contributed by atoms with Crippen molar-refractivity contribution >= 4 is 5.69 Å². The van der Waals surface area contributed by atoms with Gasteiger partial charge in [-0.2, -0.15) is 0 Å². The van der Waals surface area contributed by atoms with Gasteiger partial charge in [-0.25, -0.2) is 5.43 Å². The molecule has 0 unspecified atom stereocenters. The molecule has 1 aromatic carbocycles. The van der Waals surface area contributed by atoms with Gasteiger partial charge >= 0.3 is 0 Å². The van der Waals surface area contributed by atoms with Crippen molar-refractivity contribution in [2.24, 2.45) is 0 Å². The van der Waals surface area contributed by atoms with Crippen LogP contribution in [0.25, 0.3) is 0 Å². The normalized spacial score (nSPS) is 16.5. The lowest BCUT2D eigenvalue weighted by Crippen LogP contribution is -2.16. The van der Waals surface area contributed by atoms with E-state index in [9.17, 15) is 0 Å². The molecule has 1 aromatic rings. The Morgan fingerprint density at radius 2 is 1.90 bits per heavy atom. The van der Waals surface area contributed by atoms with Crippen LogP contribution in [0.15, 0.2) is 24.3 Å². The van der Waals surface area contributed by atoms with E-state index in [1.165, 1.54) is 17.3 Å². The Balaban J connectivity index is 2.51. The van der Waals surface area contributed by atoms with E-state index in [1.54, 1.807) is 0 Å². The maximum atomic E-state index is 3.06. The fourth-order valence-electron chi connectivity index (χ4n) is 1.15. The molecule has 51 valence electrons. The first-order chi connectivity index (χ1) is 4.88. The van der Waals surface area contributed by atoms with E-state index in [-0.39, 0.29) is 0 Å². The van der Waals surface area contributed by atoms with Crippen molar-refractivity contribution in [2.75, 3.05) is 5.43 Å². The van der Waals surface area contributed by atoms with Crippen LogP contribution in [0.5, 0.6) is 0 Å². The first kappa shape index (κ1) is 5.74. The van der Waals surface area contributed by atoms with Gasteiger partial charge in [-0.3, -0.25) is 0 Å². The fourth-order valence-corrected chi connectivity index (χ4v) is 1.15. The van der Waals surface area contributed by atoms with Crippen LogP contribution >= 0.6 is 0 Å². The standard InChI is InChI=1S/C8H9N2/c1-6-7-4-2-3-5-8(7)10-9-6/h2-5,9-10H,1H3. The minimum absolute atomic E-state index is 1.17. The summed E-state index contributed by atoms with van der Waals surface area (Å²) in [6.07, 6.45) is 0. The van der Waals surface area contributed by atoms with Crippen molar-refractivity contribution in [3.63, 3.8) is 0 Å². The molecular weight excluding hydrogens is 124 g/mol. The summed E-state index contributed by atoms with van der Waals surface area (Å²) in [5, 5.41) is 0. The molecule has 1 heterocycles. The van der Waals surface area contributed by atoms with E-state index in [1.807, 2.05) is 12.1 Å². The first-order valence-electron chi connectivity index (χ1n) is 3.33. The van der Waals surface area contributed by atoms with Gasteiger partial charge < -0.3 is 5.43 Å². The van der Waals surface area contributed by atoms with Gasteiger partial charge in [0.1, 0.15) is 0 Å². The number of nitrogens with one attached hydrogen (secondary N) is 2. The van der Waals surface area contributed by atoms with Crippen molar-refractivity contribution in [3.05, 3.63) is 35.9 Å². The number of para-hydroxylation sites is 1. The molecule has 0 aromatic heterocycles. The Hall–Kier alpha value is -1.02. The molecule has 1 radical (unpaired) electrons. The van der Waals surface area contributed by atoms with Crippen LogP contribution in [-0.2, 0) is 0 Å². The summed E-state index contributed by atoms with van der Waals surface area (Å²) in [4.78, 5) is 0. The van der Waals surface area contributed by atoms with Gasteiger partial charge in [0.25, 0.3) is 0 Å². The van der Waals surface area contributed by atoms with Crippen molar-refractivity contribution in [2.45, 2.75) is 6.92 Å². The molecule has 1 aliphatic heterocycles. The molecule has 2 heteroatoms. The van der Waals surface area contributed by atoms with Crippen LogP contribution in [0.1, 0.15) is 12.5 Å². The topological polar surface area (TPSA) is 24.1 Å². The summed E-state index contributed by atoms with van der Waals surface area (Å²) < 4.78 is 0. The van der Waals surface area contributed by atoms with Gasteiger partial charge in [0.15, 0.2) is 0 Å². The minimum atomic E-state index is 1.17. The Bertz CT molecular complexity index is 245. The lowest BCUT2D eigenvalue weighted by Gasteiger charge is -1.97. The number of hydrogen-bond donors (Lipinski definition) is 2. The molecule has 2 nitrogen and oxygen atoms in total. The number of anilines is 1. The zero-order valence-corrected chi connectivity index (χ0v) is 5.81. The first-order valence-corrected chi connectivity index (χ1v) is 3.33. The lowest BCUT2D eigenvalue weighted by molar-refractivity contribution is 0.900. The summed E-state index contributed by atoms with van der Waals surface area (Å²) >= 11 is 0. The van der Waals surface area contributed by atoms with Crippen molar-refractivity contribution in [1.29, 1.82) is 0 Å². The summed E-state index contributed by atoms with van der Waals surface area (Å²) in [6.45, 7) is 2.05. The average molecular weight is 133 g/mol. The molecule has 0 amide bonds. The highest BCUT2D eigenvalue weighted by Gasteiger charge is 2.15. The van der Waals surface area contributed by atoms with E-state index in [0.717, 1.165) is 0 Å². The Kier molecular flexibility index (Phi) is 1.14. The number of benzene rings is 1. The monoisotopic (exact) mass is 133 g/mol. The second-order valence-electron chi connectivity index (χ2n) is 2.42. The van der Waals surface area contributed by atoms with E-state index in [4.69, 9.17) is 0 Å². The van der Waals surface area contributed by atoms with Gasteiger partial charge in [0, 0.05) is 5.56 Å². The predicted octanol–water partition coefficient (Wildman–Crippen LogP) is 1.52. The molecule has 0 atom stereocenters. The number of hydrazine groups is 1. The second-order valence-corrected chi connectivity index (χ2v) is 2.42. The Morgan fingerprint density at radius 1 is 1.10 bits per heavy atom. The quantitative estimate of drug-likeness (QED) is 0.560. The molecule has 0 spiro atoms. The average Bonchev–Trinajstić information content (AvgIpc) is 2.34. The third-order valence-electron chi connectivity index (χ3n) is 1.72. The molecule has 2 N–H and O–H groups in total. The maximum Gasteiger partial charge on any atom is 0.0849 e. The number of rotatable bonds is 0. The predicted molar refractivity (Wildman–Crippen MR) is 41.2 cm³/mol. The van der Waals surface area contributed by atoms with Gasteiger partial charge in [-0.1, -0.05) is 18.2 Å². The molecule has 0 saturated heterocycles. The van der Waals surface area contributed by atoms with Crippen molar-refractivity contribution in [1.82, 2.24) is 5.43 Å². The van der Waals surface area contributed by atoms with Crippen LogP contribution in [0.3, 0.4) is 0 Å². The summed E-state index contributed by atoms with van der Waals surface area (Å²) in [6, 6.07) is 9.40. The SMILES string of the molecule is C[C]1NNc2ccccc21. The Morgan fingerprint density at radius 3 is 2.70 bits per heavy atom. The molecule has 0 bridgehead atoms. The zero-order chi connectivity index (χ0) is 6.97. The number of fused-ring (bicyclic) bond motifs is 1. The summed E-state index contributed by atoms with van der Waals surface area (Å²) in [5.74, 6) is 0. The molecular formula is C8H9N2. The minimum Gasteiger partial charge on any atom is -0.320 e. The zero-order valence-electron chi connectivity index (χ0n) is 5.81. The van der Waals surface area contributed by atoms with Gasteiger partial charge in [-0.05, 0) is 13.0 Å². The molecule has 0 fully saturated rings. The van der Waals surface area contributed by atoms with Crippen LogP contribution in [0.4, 0.5) is 5.69 Å². The van der Waals surface area contributed by atoms with Crippen LogP contribution in [-0.4, -0.2) is 0 Å². The van der Waals surface area contributed by atoms with E-state index >= 15 is 0 Å². The molecule has 1 aliphatic rings. The number of hydrogen-bond acceptors (Lipinski definition) is 2. The van der Waals surface area contributed by atoms with E-state index < -0.39 is 0 Å². The van der Waals surface area contributed by atoms with Crippen LogP contribution < -0.4 is 10.9 Å². The maximum absolute atomic E-state index is 3.06.